The molecule has 2 aromatic carbocycles. The van der Waals surface area contributed by atoms with Crippen LogP contribution < -0.4 is 5.32 Å². The first-order chi connectivity index (χ1) is 11.2. The van der Waals surface area contributed by atoms with Crippen molar-refractivity contribution in [3.63, 3.8) is 0 Å². The third-order valence-electron chi connectivity index (χ3n) is 4.38. The summed E-state index contributed by atoms with van der Waals surface area (Å²) in [4.78, 5) is 2.41. The third-order valence-corrected chi connectivity index (χ3v) is 4.62. The zero-order valence-corrected chi connectivity index (χ0v) is 13.8. The number of hydrogen-bond acceptors (Lipinski definition) is 3. The van der Waals surface area contributed by atoms with E-state index < -0.39 is 5.54 Å². The van der Waals surface area contributed by atoms with Crippen molar-refractivity contribution in [2.45, 2.75) is 24.9 Å². The SMILES string of the molecule is N#CC1(Nc2cccc(Cl)c2)CCN(Cc2ccccc2)CC1. The van der Waals surface area contributed by atoms with Gasteiger partial charge in [-0.1, -0.05) is 48.0 Å². The van der Waals surface area contributed by atoms with Crippen LogP contribution in [-0.4, -0.2) is 23.5 Å². The summed E-state index contributed by atoms with van der Waals surface area (Å²) in [6, 6.07) is 20.5. The fourth-order valence-corrected chi connectivity index (χ4v) is 3.23. The van der Waals surface area contributed by atoms with E-state index in [1.807, 2.05) is 30.3 Å². The standard InChI is InChI=1S/C19H20ClN3/c20-17-7-4-8-18(13-17)22-19(15-21)9-11-23(12-10-19)14-16-5-2-1-3-6-16/h1-8,13,22H,9-12,14H2. The number of nitriles is 1. The highest BCUT2D eigenvalue weighted by atomic mass is 35.5. The Kier molecular flexibility index (Phi) is 4.85. The zero-order chi connectivity index (χ0) is 16.1. The summed E-state index contributed by atoms with van der Waals surface area (Å²) in [6.45, 7) is 2.77. The molecule has 0 bridgehead atoms. The van der Waals surface area contributed by atoms with Crippen LogP contribution in [0, 0.1) is 11.3 Å². The first-order valence-corrected chi connectivity index (χ1v) is 8.28. The molecule has 0 radical (unpaired) electrons. The van der Waals surface area contributed by atoms with Crippen LogP contribution in [0.1, 0.15) is 18.4 Å². The van der Waals surface area contributed by atoms with Gasteiger partial charge in [-0.15, -0.1) is 0 Å². The van der Waals surface area contributed by atoms with Crippen LogP contribution in [-0.2, 0) is 6.54 Å². The van der Waals surface area contributed by atoms with Crippen LogP contribution in [0.15, 0.2) is 54.6 Å². The maximum atomic E-state index is 9.68. The molecular weight excluding hydrogens is 306 g/mol. The summed E-state index contributed by atoms with van der Waals surface area (Å²) < 4.78 is 0. The van der Waals surface area contributed by atoms with Gasteiger partial charge in [-0.2, -0.15) is 5.26 Å². The maximum absolute atomic E-state index is 9.68. The second-order valence-corrected chi connectivity index (χ2v) is 6.53. The molecule has 1 N–H and O–H groups in total. The van der Waals surface area contributed by atoms with Crippen LogP contribution in [0.5, 0.6) is 0 Å². The highest BCUT2D eigenvalue weighted by Gasteiger charge is 2.34. The van der Waals surface area contributed by atoms with E-state index in [0.717, 1.165) is 38.2 Å². The topological polar surface area (TPSA) is 39.1 Å². The molecule has 0 atom stereocenters. The van der Waals surface area contributed by atoms with Gasteiger partial charge in [0.05, 0.1) is 6.07 Å². The van der Waals surface area contributed by atoms with E-state index in [1.54, 1.807) is 0 Å². The quantitative estimate of drug-likeness (QED) is 0.910. The average Bonchev–Trinajstić information content (AvgIpc) is 2.58. The molecule has 1 aliphatic heterocycles. The Morgan fingerprint density at radius 1 is 1.09 bits per heavy atom. The number of anilines is 1. The molecule has 3 nitrogen and oxygen atoms in total. The average molecular weight is 326 g/mol. The number of benzene rings is 2. The summed E-state index contributed by atoms with van der Waals surface area (Å²) in [7, 11) is 0. The van der Waals surface area contributed by atoms with Gasteiger partial charge in [0.25, 0.3) is 0 Å². The molecule has 0 aliphatic carbocycles. The number of halogens is 1. The summed E-state index contributed by atoms with van der Waals surface area (Å²) >= 11 is 6.03. The first-order valence-electron chi connectivity index (χ1n) is 7.90. The Morgan fingerprint density at radius 2 is 1.83 bits per heavy atom. The second-order valence-electron chi connectivity index (χ2n) is 6.09. The molecule has 0 spiro atoms. The van der Waals surface area contributed by atoms with Crippen molar-refractivity contribution in [1.29, 1.82) is 5.26 Å². The van der Waals surface area contributed by atoms with Crippen LogP contribution in [0.4, 0.5) is 5.69 Å². The van der Waals surface area contributed by atoms with Gasteiger partial charge in [0, 0.05) is 30.3 Å². The van der Waals surface area contributed by atoms with Gasteiger partial charge in [0.1, 0.15) is 5.54 Å². The normalized spacial score (nSPS) is 17.4. The molecule has 0 aromatic heterocycles. The molecule has 0 saturated carbocycles. The monoisotopic (exact) mass is 325 g/mol. The van der Waals surface area contributed by atoms with Crippen molar-refractivity contribution in [3.8, 4) is 6.07 Å². The van der Waals surface area contributed by atoms with E-state index in [2.05, 4.69) is 40.6 Å². The van der Waals surface area contributed by atoms with E-state index >= 15 is 0 Å². The molecule has 4 heteroatoms. The summed E-state index contributed by atoms with van der Waals surface area (Å²) in [6.07, 6.45) is 1.62. The molecule has 3 rings (SSSR count). The van der Waals surface area contributed by atoms with Crippen molar-refractivity contribution in [2.24, 2.45) is 0 Å². The van der Waals surface area contributed by atoms with Gasteiger partial charge in [-0.25, -0.2) is 0 Å². The minimum absolute atomic E-state index is 0.502. The van der Waals surface area contributed by atoms with Gasteiger partial charge in [-0.3, -0.25) is 4.90 Å². The lowest BCUT2D eigenvalue weighted by molar-refractivity contribution is 0.189. The first kappa shape index (κ1) is 15.9. The lowest BCUT2D eigenvalue weighted by Gasteiger charge is -2.38. The Morgan fingerprint density at radius 3 is 2.48 bits per heavy atom. The molecule has 1 fully saturated rings. The van der Waals surface area contributed by atoms with Crippen molar-refractivity contribution >= 4 is 17.3 Å². The van der Waals surface area contributed by atoms with Crippen molar-refractivity contribution in [2.75, 3.05) is 18.4 Å². The Labute approximate surface area is 142 Å². The molecule has 0 unspecified atom stereocenters. The summed E-state index contributed by atoms with van der Waals surface area (Å²) in [5, 5.41) is 13.8. The highest BCUT2D eigenvalue weighted by molar-refractivity contribution is 6.30. The zero-order valence-electron chi connectivity index (χ0n) is 13.0. The predicted octanol–water partition coefficient (Wildman–Crippen LogP) is 4.31. The van der Waals surface area contributed by atoms with E-state index in [1.165, 1.54) is 5.56 Å². The molecular formula is C19H20ClN3. The Bertz CT molecular complexity index is 685. The fourth-order valence-electron chi connectivity index (χ4n) is 3.04. The maximum Gasteiger partial charge on any atom is 0.127 e. The largest absolute Gasteiger partial charge is 0.367 e. The van der Waals surface area contributed by atoms with Crippen molar-refractivity contribution < 1.29 is 0 Å². The number of hydrogen-bond donors (Lipinski definition) is 1. The van der Waals surface area contributed by atoms with E-state index in [0.29, 0.717) is 5.02 Å². The van der Waals surface area contributed by atoms with E-state index in [9.17, 15) is 5.26 Å². The van der Waals surface area contributed by atoms with Crippen LogP contribution in [0.2, 0.25) is 5.02 Å². The van der Waals surface area contributed by atoms with Gasteiger partial charge < -0.3 is 5.32 Å². The van der Waals surface area contributed by atoms with Gasteiger partial charge >= 0.3 is 0 Å². The highest BCUT2D eigenvalue weighted by Crippen LogP contribution is 2.28. The molecule has 2 aromatic rings. The number of piperidine rings is 1. The number of nitrogens with one attached hydrogen (secondary N) is 1. The number of rotatable bonds is 4. The molecule has 0 amide bonds. The molecule has 1 saturated heterocycles. The van der Waals surface area contributed by atoms with E-state index in [-0.39, 0.29) is 0 Å². The van der Waals surface area contributed by atoms with Crippen LogP contribution in [0.3, 0.4) is 0 Å². The number of likely N-dealkylation sites (tertiary alicyclic amines) is 1. The Balaban J connectivity index is 1.62. The smallest absolute Gasteiger partial charge is 0.127 e. The third kappa shape index (κ3) is 4.04. The molecule has 118 valence electrons. The van der Waals surface area contributed by atoms with E-state index in [4.69, 9.17) is 11.6 Å². The summed E-state index contributed by atoms with van der Waals surface area (Å²) in [5.41, 5.74) is 1.73. The lowest BCUT2D eigenvalue weighted by Crippen LogP contribution is -2.48. The number of nitrogens with zero attached hydrogens (tertiary/aromatic N) is 2. The van der Waals surface area contributed by atoms with Gasteiger partial charge in [0.2, 0.25) is 0 Å². The molecule has 1 aliphatic rings. The van der Waals surface area contributed by atoms with Gasteiger partial charge in [-0.05, 0) is 36.6 Å². The molecule has 1 heterocycles. The lowest BCUT2D eigenvalue weighted by atomic mass is 9.88. The molecule has 23 heavy (non-hydrogen) atoms. The van der Waals surface area contributed by atoms with Crippen molar-refractivity contribution in [1.82, 2.24) is 4.90 Å². The predicted molar refractivity (Wildman–Crippen MR) is 94.4 cm³/mol. The minimum atomic E-state index is -0.502. The Hall–Kier alpha value is -2.02. The minimum Gasteiger partial charge on any atom is -0.367 e. The van der Waals surface area contributed by atoms with Crippen LogP contribution >= 0.6 is 11.6 Å². The van der Waals surface area contributed by atoms with Crippen LogP contribution in [0.25, 0.3) is 0 Å². The fraction of sp³-hybridized carbons (Fsp3) is 0.316. The summed E-state index contributed by atoms with van der Waals surface area (Å²) in [5.74, 6) is 0. The van der Waals surface area contributed by atoms with Crippen molar-refractivity contribution in [3.05, 3.63) is 65.2 Å². The van der Waals surface area contributed by atoms with Gasteiger partial charge in [0.15, 0.2) is 0 Å². The second kappa shape index (κ2) is 7.04.